The van der Waals surface area contributed by atoms with E-state index >= 15 is 0 Å². The average Bonchev–Trinajstić information content (AvgIpc) is 3.03. The molecule has 1 aliphatic heterocycles. The third kappa shape index (κ3) is 3.49. The van der Waals surface area contributed by atoms with E-state index < -0.39 is 5.82 Å². The lowest BCUT2D eigenvalue weighted by Crippen LogP contribution is -2.49. The van der Waals surface area contributed by atoms with Crippen molar-refractivity contribution in [3.63, 3.8) is 0 Å². The summed E-state index contributed by atoms with van der Waals surface area (Å²) < 4.78 is 16.0. The van der Waals surface area contributed by atoms with E-state index in [9.17, 15) is 9.18 Å². The molecule has 1 aliphatic rings. The normalized spacial score (nSPS) is 14.5. The first-order valence-corrected chi connectivity index (χ1v) is 7.99. The number of imidazole rings is 1. The molecule has 3 rings (SSSR count). The highest BCUT2D eigenvalue weighted by Crippen LogP contribution is 2.22. The summed E-state index contributed by atoms with van der Waals surface area (Å²) in [5, 5.41) is 0.152. The van der Waals surface area contributed by atoms with Crippen molar-refractivity contribution in [2.24, 2.45) is 0 Å². The number of benzene rings is 1. The number of halogens is 3. The number of piperazine rings is 1. The molecule has 5 nitrogen and oxygen atoms in total. The third-order valence-corrected chi connectivity index (χ3v) is 4.38. The Morgan fingerprint density at radius 3 is 2.62 bits per heavy atom. The van der Waals surface area contributed by atoms with Crippen molar-refractivity contribution in [1.82, 2.24) is 14.5 Å². The largest absolute Gasteiger partial charge is 0.339 e. The zero-order chi connectivity index (χ0) is 16.4. The van der Waals surface area contributed by atoms with Crippen LogP contribution in [0.1, 0.15) is 17.3 Å². The van der Waals surface area contributed by atoms with Crippen molar-refractivity contribution in [3.05, 3.63) is 47.0 Å². The second-order valence-corrected chi connectivity index (χ2v) is 5.80. The molecule has 2 heterocycles. The van der Waals surface area contributed by atoms with E-state index in [-0.39, 0.29) is 28.9 Å². The summed E-state index contributed by atoms with van der Waals surface area (Å²) in [7, 11) is 0. The van der Waals surface area contributed by atoms with E-state index in [1.807, 2.05) is 6.20 Å². The van der Waals surface area contributed by atoms with Crippen molar-refractivity contribution in [2.45, 2.75) is 13.5 Å². The molecule has 1 saturated heterocycles. The SMILES string of the molecule is CCn1ccnc1N1CCN(C(=O)c2c(F)cccc2Cl)CC1.Cl. The minimum Gasteiger partial charge on any atom is -0.339 e. The molecule has 1 amide bonds. The fourth-order valence-corrected chi connectivity index (χ4v) is 3.05. The second-order valence-electron chi connectivity index (χ2n) is 5.39. The first-order valence-electron chi connectivity index (χ1n) is 7.61. The van der Waals surface area contributed by atoms with E-state index in [2.05, 4.69) is 21.4 Å². The highest BCUT2D eigenvalue weighted by Gasteiger charge is 2.27. The summed E-state index contributed by atoms with van der Waals surface area (Å²) in [4.78, 5) is 20.7. The van der Waals surface area contributed by atoms with Crippen molar-refractivity contribution >= 4 is 35.9 Å². The van der Waals surface area contributed by atoms with Gasteiger partial charge in [0.05, 0.1) is 10.6 Å². The maximum absolute atomic E-state index is 13.9. The van der Waals surface area contributed by atoms with E-state index in [4.69, 9.17) is 11.6 Å². The predicted octanol–water partition coefficient (Wildman–Crippen LogP) is 3.08. The molecule has 0 unspecified atom stereocenters. The monoisotopic (exact) mass is 372 g/mol. The summed E-state index contributed by atoms with van der Waals surface area (Å²) >= 11 is 5.98. The van der Waals surface area contributed by atoms with Crippen LogP contribution in [0.15, 0.2) is 30.6 Å². The van der Waals surface area contributed by atoms with Gasteiger partial charge in [-0.2, -0.15) is 0 Å². The fraction of sp³-hybridized carbons (Fsp3) is 0.375. The van der Waals surface area contributed by atoms with Crippen LogP contribution in [0.25, 0.3) is 0 Å². The molecule has 130 valence electrons. The Kier molecular flexibility index (Phi) is 6.07. The Morgan fingerprint density at radius 2 is 2.00 bits per heavy atom. The Labute approximate surface area is 151 Å². The van der Waals surface area contributed by atoms with Crippen LogP contribution in [0.3, 0.4) is 0 Å². The zero-order valence-electron chi connectivity index (χ0n) is 13.3. The molecule has 1 fully saturated rings. The first kappa shape index (κ1) is 18.5. The van der Waals surface area contributed by atoms with Crippen molar-refractivity contribution in [2.75, 3.05) is 31.1 Å². The number of rotatable bonds is 3. The lowest BCUT2D eigenvalue weighted by atomic mass is 10.1. The molecule has 0 aliphatic carbocycles. The van der Waals surface area contributed by atoms with E-state index in [1.165, 1.54) is 18.2 Å². The van der Waals surface area contributed by atoms with Gasteiger partial charge in [-0.15, -0.1) is 12.4 Å². The Bertz CT molecular complexity index is 694. The number of hydrogen-bond donors (Lipinski definition) is 0. The summed E-state index contributed by atoms with van der Waals surface area (Å²) in [6.07, 6.45) is 3.71. The van der Waals surface area contributed by atoms with Gasteiger partial charge < -0.3 is 14.4 Å². The second kappa shape index (κ2) is 7.85. The maximum atomic E-state index is 13.9. The van der Waals surface area contributed by atoms with Gasteiger partial charge in [-0.1, -0.05) is 17.7 Å². The molecule has 2 aromatic rings. The van der Waals surface area contributed by atoms with Gasteiger partial charge in [0.1, 0.15) is 5.82 Å². The van der Waals surface area contributed by atoms with E-state index in [0.29, 0.717) is 26.2 Å². The fourth-order valence-electron chi connectivity index (χ4n) is 2.80. The molecule has 8 heteroatoms. The minimum atomic E-state index is -0.577. The van der Waals surface area contributed by atoms with E-state index in [0.717, 1.165) is 12.5 Å². The number of aromatic nitrogens is 2. The van der Waals surface area contributed by atoms with Crippen LogP contribution in [0.5, 0.6) is 0 Å². The Morgan fingerprint density at radius 1 is 1.29 bits per heavy atom. The molecular weight excluding hydrogens is 354 g/mol. The van der Waals surface area contributed by atoms with Crippen LogP contribution < -0.4 is 4.90 Å². The number of amides is 1. The molecule has 1 aromatic carbocycles. The highest BCUT2D eigenvalue weighted by molar-refractivity contribution is 6.33. The molecule has 0 spiro atoms. The number of aryl methyl sites for hydroxylation is 1. The number of nitrogens with zero attached hydrogens (tertiary/aromatic N) is 4. The molecule has 0 saturated carbocycles. The lowest BCUT2D eigenvalue weighted by Gasteiger charge is -2.35. The van der Waals surface area contributed by atoms with Gasteiger partial charge in [-0.05, 0) is 19.1 Å². The number of carbonyl (C=O) groups is 1. The number of hydrogen-bond acceptors (Lipinski definition) is 3. The quantitative estimate of drug-likeness (QED) is 0.831. The number of anilines is 1. The lowest BCUT2D eigenvalue weighted by molar-refractivity contribution is 0.0741. The van der Waals surface area contributed by atoms with Gasteiger partial charge in [0, 0.05) is 45.1 Å². The van der Waals surface area contributed by atoms with Crippen molar-refractivity contribution in [1.29, 1.82) is 0 Å². The van der Waals surface area contributed by atoms with E-state index in [1.54, 1.807) is 11.1 Å². The van der Waals surface area contributed by atoms with Gasteiger partial charge in [-0.25, -0.2) is 9.37 Å². The van der Waals surface area contributed by atoms with Crippen LogP contribution in [0.2, 0.25) is 5.02 Å². The smallest absolute Gasteiger partial charge is 0.258 e. The van der Waals surface area contributed by atoms with Gasteiger partial charge in [0.25, 0.3) is 5.91 Å². The predicted molar refractivity (Wildman–Crippen MR) is 94.7 cm³/mol. The Balaban J connectivity index is 0.00000208. The van der Waals surface area contributed by atoms with Crippen LogP contribution in [0.4, 0.5) is 10.3 Å². The molecule has 24 heavy (non-hydrogen) atoms. The summed E-state index contributed by atoms with van der Waals surface area (Å²) in [6.45, 7) is 5.26. The first-order chi connectivity index (χ1) is 11.1. The molecular formula is C16H19Cl2FN4O. The van der Waals surface area contributed by atoms with Crippen LogP contribution in [-0.4, -0.2) is 46.5 Å². The van der Waals surface area contributed by atoms with Gasteiger partial charge in [0.2, 0.25) is 5.95 Å². The zero-order valence-corrected chi connectivity index (χ0v) is 14.9. The average molecular weight is 373 g/mol. The third-order valence-electron chi connectivity index (χ3n) is 4.06. The maximum Gasteiger partial charge on any atom is 0.258 e. The topological polar surface area (TPSA) is 41.4 Å². The Hall–Kier alpha value is -1.79. The van der Waals surface area contributed by atoms with Crippen LogP contribution in [0, 0.1) is 5.82 Å². The van der Waals surface area contributed by atoms with Crippen LogP contribution in [-0.2, 0) is 6.54 Å². The highest BCUT2D eigenvalue weighted by atomic mass is 35.5. The van der Waals surface area contributed by atoms with Crippen molar-refractivity contribution in [3.8, 4) is 0 Å². The minimum absolute atomic E-state index is 0. The summed E-state index contributed by atoms with van der Waals surface area (Å²) in [6, 6.07) is 4.29. The van der Waals surface area contributed by atoms with Gasteiger partial charge >= 0.3 is 0 Å². The standard InChI is InChI=1S/C16H18ClFN4O.ClH/c1-2-20-7-6-19-16(20)22-10-8-21(9-11-22)15(23)14-12(17)4-3-5-13(14)18;/h3-7H,2,8-11H2,1H3;1H. The van der Waals surface area contributed by atoms with Gasteiger partial charge in [0.15, 0.2) is 0 Å². The van der Waals surface area contributed by atoms with Gasteiger partial charge in [-0.3, -0.25) is 4.79 Å². The molecule has 0 radical (unpaired) electrons. The van der Waals surface area contributed by atoms with Crippen LogP contribution >= 0.6 is 24.0 Å². The summed E-state index contributed by atoms with van der Waals surface area (Å²) in [5.41, 5.74) is -0.0438. The number of carbonyl (C=O) groups excluding carboxylic acids is 1. The molecule has 1 aromatic heterocycles. The van der Waals surface area contributed by atoms with Crippen molar-refractivity contribution < 1.29 is 9.18 Å². The summed E-state index contributed by atoms with van der Waals surface area (Å²) in [5.74, 6) is -0.0263. The molecule has 0 bridgehead atoms. The molecule has 0 atom stereocenters. The molecule has 0 N–H and O–H groups in total.